The van der Waals surface area contributed by atoms with Crippen LogP contribution in [0, 0.1) is 13.8 Å². The zero-order valence-electron chi connectivity index (χ0n) is 15.2. The highest BCUT2D eigenvalue weighted by Gasteiger charge is 2.25. The van der Waals surface area contributed by atoms with Crippen molar-refractivity contribution >= 4 is 17.5 Å². The van der Waals surface area contributed by atoms with Crippen molar-refractivity contribution in [2.45, 2.75) is 26.4 Å². The third kappa shape index (κ3) is 4.77. The largest absolute Gasteiger partial charge is 0.493 e. The summed E-state index contributed by atoms with van der Waals surface area (Å²) in [5.74, 6) is 0.932. The van der Waals surface area contributed by atoms with Gasteiger partial charge < -0.3 is 14.4 Å². The van der Waals surface area contributed by atoms with Crippen LogP contribution < -0.4 is 4.74 Å². The molecule has 1 heterocycles. The molecule has 0 saturated carbocycles. The van der Waals surface area contributed by atoms with E-state index in [0.717, 1.165) is 16.9 Å². The van der Waals surface area contributed by atoms with E-state index in [2.05, 4.69) is 13.0 Å². The van der Waals surface area contributed by atoms with E-state index in [9.17, 15) is 4.79 Å². The maximum Gasteiger partial charge on any atom is 0.226 e. The van der Waals surface area contributed by atoms with Crippen molar-refractivity contribution in [2.24, 2.45) is 0 Å². The molecule has 0 spiro atoms. The first-order valence-corrected chi connectivity index (χ1v) is 9.25. The highest BCUT2D eigenvalue weighted by molar-refractivity contribution is 6.30. The number of hydrogen-bond acceptors (Lipinski definition) is 3. The minimum absolute atomic E-state index is 0.0945. The van der Waals surface area contributed by atoms with E-state index in [1.165, 1.54) is 5.56 Å². The van der Waals surface area contributed by atoms with Crippen LogP contribution >= 0.6 is 11.6 Å². The quantitative estimate of drug-likeness (QED) is 0.783. The highest BCUT2D eigenvalue weighted by atomic mass is 35.5. The lowest BCUT2D eigenvalue weighted by Crippen LogP contribution is -2.42. The number of halogens is 1. The fraction of sp³-hybridized carbons (Fsp3) is 0.381. The molecule has 2 aromatic carbocycles. The molecular formula is C21H24ClNO3. The Morgan fingerprint density at radius 2 is 2.00 bits per heavy atom. The van der Waals surface area contributed by atoms with Gasteiger partial charge in [0.05, 0.1) is 26.2 Å². The summed E-state index contributed by atoms with van der Waals surface area (Å²) in [6.07, 6.45) is 0.255. The second kappa shape index (κ2) is 8.56. The highest BCUT2D eigenvalue weighted by Crippen LogP contribution is 2.24. The lowest BCUT2D eigenvalue weighted by molar-refractivity contribution is -0.139. The molecule has 5 heteroatoms. The fourth-order valence-electron chi connectivity index (χ4n) is 3.12. The lowest BCUT2D eigenvalue weighted by Gasteiger charge is -2.33. The molecule has 0 radical (unpaired) electrons. The van der Waals surface area contributed by atoms with Crippen molar-refractivity contribution < 1.29 is 14.3 Å². The Kier molecular flexibility index (Phi) is 6.17. The van der Waals surface area contributed by atoms with Gasteiger partial charge in [0, 0.05) is 11.6 Å². The van der Waals surface area contributed by atoms with Crippen molar-refractivity contribution in [3.8, 4) is 5.75 Å². The Bertz CT molecular complexity index is 760. The molecule has 1 unspecified atom stereocenters. The maximum absolute atomic E-state index is 12.5. The lowest BCUT2D eigenvalue weighted by atomic mass is 10.1. The Balaban J connectivity index is 1.51. The van der Waals surface area contributed by atoms with Crippen LogP contribution in [0.25, 0.3) is 0 Å². The zero-order chi connectivity index (χ0) is 18.5. The SMILES string of the molecule is Cc1ccc(OCCC(=O)N2CCOC(c3ccc(Cl)cc3)C2)c(C)c1. The van der Waals surface area contributed by atoms with Gasteiger partial charge in [-0.1, -0.05) is 41.4 Å². The number of ether oxygens (including phenoxy) is 2. The van der Waals surface area contributed by atoms with Gasteiger partial charge in [-0.3, -0.25) is 4.79 Å². The normalized spacial score (nSPS) is 17.2. The fourth-order valence-corrected chi connectivity index (χ4v) is 3.25. The summed E-state index contributed by atoms with van der Waals surface area (Å²) in [5.41, 5.74) is 3.33. The van der Waals surface area contributed by atoms with E-state index < -0.39 is 0 Å². The second-order valence-corrected chi connectivity index (χ2v) is 7.05. The number of amides is 1. The first kappa shape index (κ1) is 18.7. The number of carbonyl (C=O) groups is 1. The van der Waals surface area contributed by atoms with Crippen molar-refractivity contribution in [1.82, 2.24) is 4.90 Å². The monoisotopic (exact) mass is 373 g/mol. The summed E-state index contributed by atoms with van der Waals surface area (Å²) in [4.78, 5) is 14.4. The van der Waals surface area contributed by atoms with Gasteiger partial charge in [0.15, 0.2) is 0 Å². The van der Waals surface area contributed by atoms with Gasteiger partial charge in [-0.25, -0.2) is 0 Å². The Morgan fingerprint density at radius 3 is 2.73 bits per heavy atom. The minimum Gasteiger partial charge on any atom is -0.493 e. The first-order valence-electron chi connectivity index (χ1n) is 8.88. The average molecular weight is 374 g/mol. The summed E-state index contributed by atoms with van der Waals surface area (Å²) in [5, 5.41) is 0.695. The van der Waals surface area contributed by atoms with Crippen LogP contribution in [0.2, 0.25) is 5.02 Å². The molecule has 1 aliphatic heterocycles. The minimum atomic E-state index is -0.106. The molecule has 138 valence electrons. The number of carbonyl (C=O) groups excluding carboxylic acids is 1. The van der Waals surface area contributed by atoms with Gasteiger partial charge in [0.25, 0.3) is 0 Å². The molecule has 0 bridgehead atoms. The van der Waals surface area contributed by atoms with Crippen LogP contribution in [0.5, 0.6) is 5.75 Å². The van der Waals surface area contributed by atoms with E-state index in [1.807, 2.05) is 48.2 Å². The maximum atomic E-state index is 12.5. The van der Waals surface area contributed by atoms with E-state index in [1.54, 1.807) is 0 Å². The van der Waals surface area contributed by atoms with Crippen molar-refractivity contribution in [3.63, 3.8) is 0 Å². The van der Waals surface area contributed by atoms with Gasteiger partial charge in [-0.15, -0.1) is 0 Å². The van der Waals surface area contributed by atoms with E-state index in [-0.39, 0.29) is 12.0 Å². The standard InChI is InChI=1S/C21H24ClNO3/c1-15-3-8-19(16(2)13-15)25-11-9-21(24)23-10-12-26-20(14-23)17-4-6-18(22)7-5-17/h3-8,13,20H,9-12,14H2,1-2H3. The second-order valence-electron chi connectivity index (χ2n) is 6.62. The van der Waals surface area contributed by atoms with Crippen LogP contribution in [-0.4, -0.2) is 37.1 Å². The Morgan fingerprint density at radius 1 is 1.23 bits per heavy atom. The number of benzene rings is 2. The number of nitrogens with zero attached hydrogens (tertiary/aromatic N) is 1. The molecule has 1 atom stereocenters. The number of rotatable bonds is 5. The Labute approximate surface area is 159 Å². The van der Waals surface area contributed by atoms with Gasteiger partial charge in [-0.2, -0.15) is 0 Å². The van der Waals surface area contributed by atoms with Gasteiger partial charge in [0.1, 0.15) is 11.9 Å². The molecular weight excluding hydrogens is 350 g/mol. The number of hydrogen-bond donors (Lipinski definition) is 0. The Hall–Kier alpha value is -2.04. The van der Waals surface area contributed by atoms with Crippen LogP contribution in [0.3, 0.4) is 0 Å². The summed E-state index contributed by atoms with van der Waals surface area (Å²) in [7, 11) is 0. The molecule has 0 aliphatic carbocycles. The van der Waals surface area contributed by atoms with Gasteiger partial charge in [-0.05, 0) is 43.2 Å². The molecule has 2 aromatic rings. The van der Waals surface area contributed by atoms with Crippen molar-refractivity contribution in [1.29, 1.82) is 0 Å². The predicted molar refractivity (Wildman–Crippen MR) is 103 cm³/mol. The van der Waals surface area contributed by atoms with Gasteiger partial charge >= 0.3 is 0 Å². The molecule has 26 heavy (non-hydrogen) atoms. The molecule has 0 N–H and O–H groups in total. The predicted octanol–water partition coefficient (Wildman–Crippen LogP) is 4.33. The van der Waals surface area contributed by atoms with E-state index >= 15 is 0 Å². The van der Waals surface area contributed by atoms with Crippen LogP contribution in [0.4, 0.5) is 0 Å². The van der Waals surface area contributed by atoms with Crippen LogP contribution in [-0.2, 0) is 9.53 Å². The molecule has 3 rings (SSSR count). The number of aryl methyl sites for hydroxylation is 2. The first-order chi connectivity index (χ1) is 12.5. The molecule has 4 nitrogen and oxygen atoms in total. The third-order valence-electron chi connectivity index (χ3n) is 4.56. The molecule has 1 fully saturated rings. The molecule has 1 amide bonds. The smallest absolute Gasteiger partial charge is 0.226 e. The topological polar surface area (TPSA) is 38.8 Å². The van der Waals surface area contributed by atoms with E-state index in [4.69, 9.17) is 21.1 Å². The summed E-state index contributed by atoms with van der Waals surface area (Å²) < 4.78 is 11.6. The number of morpholine rings is 1. The van der Waals surface area contributed by atoms with Crippen LogP contribution in [0.1, 0.15) is 29.2 Å². The summed E-state index contributed by atoms with van der Waals surface area (Å²) in [6, 6.07) is 13.6. The van der Waals surface area contributed by atoms with E-state index in [0.29, 0.717) is 37.7 Å². The van der Waals surface area contributed by atoms with Crippen LogP contribution in [0.15, 0.2) is 42.5 Å². The molecule has 0 aromatic heterocycles. The molecule has 1 saturated heterocycles. The zero-order valence-corrected chi connectivity index (χ0v) is 16.0. The van der Waals surface area contributed by atoms with Crippen molar-refractivity contribution in [2.75, 3.05) is 26.3 Å². The summed E-state index contributed by atoms with van der Waals surface area (Å²) in [6.45, 7) is 6.16. The third-order valence-corrected chi connectivity index (χ3v) is 4.82. The molecule has 1 aliphatic rings. The van der Waals surface area contributed by atoms with Gasteiger partial charge in [0.2, 0.25) is 5.91 Å². The summed E-state index contributed by atoms with van der Waals surface area (Å²) >= 11 is 5.94. The van der Waals surface area contributed by atoms with Crippen molar-refractivity contribution in [3.05, 3.63) is 64.2 Å². The average Bonchev–Trinajstić information content (AvgIpc) is 2.64.